The highest BCUT2D eigenvalue weighted by Crippen LogP contribution is 2.15. The molecule has 0 aromatic heterocycles. The smallest absolute Gasteiger partial charge is 0.0995 e. The molecule has 0 heterocycles. The number of nitrogens with zero attached hydrogens (tertiary/aromatic N) is 2. The van der Waals surface area contributed by atoms with Crippen LogP contribution < -0.4 is 5.32 Å². The van der Waals surface area contributed by atoms with Crippen LogP contribution in [0.1, 0.15) is 22.7 Å². The molecule has 2 rings (SSSR count). The van der Waals surface area contributed by atoms with Crippen LogP contribution >= 0.6 is 0 Å². The van der Waals surface area contributed by atoms with Crippen molar-refractivity contribution in [3.8, 4) is 6.07 Å². The second kappa shape index (κ2) is 7.58. The molecule has 0 aliphatic heterocycles. The average molecular weight is 279 g/mol. The molecule has 2 aromatic carbocycles. The molecule has 0 radical (unpaired) electrons. The van der Waals surface area contributed by atoms with E-state index in [1.807, 2.05) is 30.3 Å². The Morgan fingerprint density at radius 3 is 2.38 bits per heavy atom. The minimum absolute atomic E-state index is 0.243. The van der Waals surface area contributed by atoms with E-state index in [2.05, 4.69) is 54.6 Å². The fourth-order valence-electron chi connectivity index (χ4n) is 2.35. The van der Waals surface area contributed by atoms with Crippen molar-refractivity contribution in [1.82, 2.24) is 10.2 Å². The van der Waals surface area contributed by atoms with E-state index in [0.717, 1.165) is 17.7 Å². The van der Waals surface area contributed by atoms with Crippen LogP contribution in [-0.2, 0) is 6.54 Å². The number of rotatable bonds is 6. The second-order valence-corrected chi connectivity index (χ2v) is 5.38. The third-order valence-electron chi connectivity index (χ3n) is 3.43. The Morgan fingerprint density at radius 1 is 1.05 bits per heavy atom. The molecule has 0 bridgehead atoms. The lowest BCUT2D eigenvalue weighted by Gasteiger charge is -2.23. The van der Waals surface area contributed by atoms with Crippen LogP contribution in [-0.4, -0.2) is 25.5 Å². The zero-order chi connectivity index (χ0) is 15.1. The summed E-state index contributed by atoms with van der Waals surface area (Å²) in [6.07, 6.45) is 0. The zero-order valence-corrected chi connectivity index (χ0v) is 12.6. The van der Waals surface area contributed by atoms with Crippen molar-refractivity contribution in [1.29, 1.82) is 5.26 Å². The van der Waals surface area contributed by atoms with E-state index in [-0.39, 0.29) is 6.04 Å². The predicted octanol–water partition coefficient (Wildman–Crippen LogP) is 2.95. The van der Waals surface area contributed by atoms with Crippen molar-refractivity contribution >= 4 is 0 Å². The monoisotopic (exact) mass is 279 g/mol. The SMILES string of the molecule is CN(C)CC(NCc1ccccc1C#N)c1ccccc1. The normalized spacial score (nSPS) is 12.1. The molecular formula is C18H21N3. The molecule has 1 atom stereocenters. The van der Waals surface area contributed by atoms with Crippen LogP contribution in [0, 0.1) is 11.3 Å². The number of benzene rings is 2. The van der Waals surface area contributed by atoms with Gasteiger partial charge in [0.15, 0.2) is 0 Å². The molecule has 3 nitrogen and oxygen atoms in total. The van der Waals surface area contributed by atoms with Crippen LogP contribution in [0.5, 0.6) is 0 Å². The van der Waals surface area contributed by atoms with Gasteiger partial charge in [-0.3, -0.25) is 0 Å². The maximum atomic E-state index is 9.16. The molecule has 21 heavy (non-hydrogen) atoms. The molecule has 2 aromatic rings. The number of hydrogen-bond acceptors (Lipinski definition) is 3. The minimum atomic E-state index is 0.243. The Balaban J connectivity index is 2.11. The van der Waals surface area contributed by atoms with Gasteiger partial charge in [-0.15, -0.1) is 0 Å². The molecule has 0 amide bonds. The largest absolute Gasteiger partial charge is 0.308 e. The van der Waals surface area contributed by atoms with Crippen LogP contribution in [0.25, 0.3) is 0 Å². The third-order valence-corrected chi connectivity index (χ3v) is 3.43. The van der Waals surface area contributed by atoms with Crippen molar-refractivity contribution in [3.05, 3.63) is 71.3 Å². The molecule has 108 valence electrons. The highest BCUT2D eigenvalue weighted by molar-refractivity contribution is 5.37. The Morgan fingerprint density at radius 2 is 1.71 bits per heavy atom. The van der Waals surface area contributed by atoms with Crippen molar-refractivity contribution in [2.24, 2.45) is 0 Å². The van der Waals surface area contributed by atoms with Gasteiger partial charge in [-0.1, -0.05) is 48.5 Å². The maximum absolute atomic E-state index is 9.16. The van der Waals surface area contributed by atoms with E-state index in [9.17, 15) is 0 Å². The van der Waals surface area contributed by atoms with Gasteiger partial charge in [-0.2, -0.15) is 5.26 Å². The van der Waals surface area contributed by atoms with E-state index in [1.165, 1.54) is 5.56 Å². The highest BCUT2D eigenvalue weighted by Gasteiger charge is 2.12. The Hall–Kier alpha value is -2.15. The van der Waals surface area contributed by atoms with E-state index >= 15 is 0 Å². The van der Waals surface area contributed by atoms with Crippen LogP contribution in [0.3, 0.4) is 0 Å². The second-order valence-electron chi connectivity index (χ2n) is 5.38. The fraction of sp³-hybridized carbons (Fsp3) is 0.278. The minimum Gasteiger partial charge on any atom is -0.308 e. The Labute approximate surface area is 126 Å². The summed E-state index contributed by atoms with van der Waals surface area (Å²) in [5, 5.41) is 12.7. The van der Waals surface area contributed by atoms with Gasteiger partial charge in [0.25, 0.3) is 0 Å². The summed E-state index contributed by atoms with van der Waals surface area (Å²) in [7, 11) is 4.14. The molecule has 1 unspecified atom stereocenters. The first-order valence-electron chi connectivity index (χ1n) is 7.12. The van der Waals surface area contributed by atoms with E-state index in [1.54, 1.807) is 0 Å². The van der Waals surface area contributed by atoms with Crippen molar-refractivity contribution in [2.75, 3.05) is 20.6 Å². The standard InChI is InChI=1S/C18H21N3/c1-21(2)14-18(15-8-4-3-5-9-15)20-13-17-11-7-6-10-16(17)12-19/h3-11,18,20H,13-14H2,1-2H3. The highest BCUT2D eigenvalue weighted by atomic mass is 15.1. The predicted molar refractivity (Wildman–Crippen MR) is 85.7 cm³/mol. The van der Waals surface area contributed by atoms with Crippen LogP contribution in [0.15, 0.2) is 54.6 Å². The summed E-state index contributed by atoms with van der Waals surface area (Å²) in [5.74, 6) is 0. The Kier molecular flexibility index (Phi) is 5.51. The van der Waals surface area contributed by atoms with Crippen molar-refractivity contribution in [2.45, 2.75) is 12.6 Å². The molecule has 0 saturated heterocycles. The summed E-state index contributed by atoms with van der Waals surface area (Å²) in [5.41, 5.74) is 3.04. The van der Waals surface area contributed by atoms with Crippen molar-refractivity contribution < 1.29 is 0 Å². The summed E-state index contributed by atoms with van der Waals surface area (Å²) < 4.78 is 0. The molecule has 0 aliphatic carbocycles. The van der Waals surface area contributed by atoms with Gasteiger partial charge < -0.3 is 10.2 Å². The molecule has 1 N–H and O–H groups in total. The molecule has 3 heteroatoms. The first-order chi connectivity index (χ1) is 10.2. The van der Waals surface area contributed by atoms with Crippen molar-refractivity contribution in [3.63, 3.8) is 0 Å². The van der Waals surface area contributed by atoms with Gasteiger partial charge in [0.1, 0.15) is 0 Å². The fourth-order valence-corrected chi connectivity index (χ4v) is 2.35. The molecule has 0 spiro atoms. The van der Waals surface area contributed by atoms with E-state index in [4.69, 9.17) is 5.26 Å². The molecule has 0 fully saturated rings. The average Bonchev–Trinajstić information content (AvgIpc) is 2.52. The summed E-state index contributed by atoms with van der Waals surface area (Å²) >= 11 is 0. The van der Waals surface area contributed by atoms with Crippen LogP contribution in [0.2, 0.25) is 0 Å². The van der Waals surface area contributed by atoms with Gasteiger partial charge in [-0.25, -0.2) is 0 Å². The van der Waals surface area contributed by atoms with Gasteiger partial charge in [0.2, 0.25) is 0 Å². The quantitative estimate of drug-likeness (QED) is 0.883. The lowest BCUT2D eigenvalue weighted by atomic mass is 10.0. The molecule has 0 saturated carbocycles. The number of nitrogens with one attached hydrogen (secondary N) is 1. The molecular weight excluding hydrogens is 258 g/mol. The lowest BCUT2D eigenvalue weighted by Crippen LogP contribution is -2.31. The first kappa shape index (κ1) is 15.2. The third kappa shape index (κ3) is 4.42. The topological polar surface area (TPSA) is 39.1 Å². The first-order valence-corrected chi connectivity index (χ1v) is 7.12. The summed E-state index contributed by atoms with van der Waals surface area (Å²) in [6.45, 7) is 1.61. The van der Waals surface area contributed by atoms with Gasteiger partial charge >= 0.3 is 0 Å². The van der Waals surface area contributed by atoms with Gasteiger partial charge in [0.05, 0.1) is 11.6 Å². The van der Waals surface area contributed by atoms with E-state index < -0.39 is 0 Å². The number of hydrogen-bond donors (Lipinski definition) is 1. The lowest BCUT2D eigenvalue weighted by molar-refractivity contribution is 0.340. The number of nitriles is 1. The molecule has 0 aliphatic rings. The maximum Gasteiger partial charge on any atom is 0.0995 e. The Bertz CT molecular complexity index is 599. The summed E-state index contributed by atoms with van der Waals surface area (Å²) in [4.78, 5) is 2.17. The summed E-state index contributed by atoms with van der Waals surface area (Å²) in [6, 6.07) is 20.6. The van der Waals surface area contributed by atoms with Crippen LogP contribution in [0.4, 0.5) is 0 Å². The van der Waals surface area contributed by atoms with Gasteiger partial charge in [-0.05, 0) is 31.3 Å². The van der Waals surface area contributed by atoms with Gasteiger partial charge in [0, 0.05) is 19.1 Å². The van der Waals surface area contributed by atoms with E-state index in [0.29, 0.717) is 6.54 Å². The number of likely N-dealkylation sites (N-methyl/N-ethyl adjacent to an activating group) is 1. The zero-order valence-electron chi connectivity index (χ0n) is 12.6.